The fraction of sp³-hybridized carbons (Fsp3) is 0.579. The van der Waals surface area contributed by atoms with E-state index >= 15 is 0 Å². The van der Waals surface area contributed by atoms with E-state index in [1.807, 2.05) is 13.0 Å². The van der Waals surface area contributed by atoms with Gasteiger partial charge in [0.25, 0.3) is 0 Å². The van der Waals surface area contributed by atoms with Crippen LogP contribution >= 0.6 is 12.2 Å². The van der Waals surface area contributed by atoms with Crippen LogP contribution in [0.25, 0.3) is 0 Å². The van der Waals surface area contributed by atoms with Gasteiger partial charge in [-0.1, -0.05) is 38.2 Å². The highest BCUT2D eigenvalue weighted by Crippen LogP contribution is 2.19. The maximum atomic E-state index is 11.9. The summed E-state index contributed by atoms with van der Waals surface area (Å²) in [6, 6.07) is 5.94. The van der Waals surface area contributed by atoms with Crippen LogP contribution < -0.4 is 10.6 Å². The van der Waals surface area contributed by atoms with E-state index in [1.54, 1.807) is 19.1 Å². The number of anilines is 1. The molecule has 0 aromatic heterocycles. The summed E-state index contributed by atoms with van der Waals surface area (Å²) in [5.74, 6) is -0.306. The van der Waals surface area contributed by atoms with Crippen molar-refractivity contribution in [3.63, 3.8) is 0 Å². The van der Waals surface area contributed by atoms with Crippen LogP contribution in [0.15, 0.2) is 18.2 Å². The van der Waals surface area contributed by atoms with Gasteiger partial charge in [0.2, 0.25) is 0 Å². The maximum Gasteiger partial charge on any atom is 0.338 e. The minimum absolute atomic E-state index is 0.306. The van der Waals surface area contributed by atoms with Crippen molar-refractivity contribution in [3.05, 3.63) is 29.3 Å². The van der Waals surface area contributed by atoms with Crippen molar-refractivity contribution >= 4 is 29.0 Å². The Labute approximate surface area is 150 Å². The molecular weight excluding hydrogens is 320 g/mol. The summed E-state index contributed by atoms with van der Waals surface area (Å²) in [4.78, 5) is 11.9. The minimum Gasteiger partial charge on any atom is -0.462 e. The smallest absolute Gasteiger partial charge is 0.338 e. The Hall–Kier alpha value is -1.62. The number of carbonyl (C=O) groups is 1. The molecule has 1 aliphatic carbocycles. The van der Waals surface area contributed by atoms with Gasteiger partial charge in [-0.15, -0.1) is 0 Å². The zero-order valence-corrected chi connectivity index (χ0v) is 15.5. The summed E-state index contributed by atoms with van der Waals surface area (Å²) >= 11 is 5.48. The lowest BCUT2D eigenvalue weighted by Crippen LogP contribution is -2.38. The summed E-state index contributed by atoms with van der Waals surface area (Å²) in [6.45, 7) is 4.17. The Morgan fingerprint density at radius 3 is 2.54 bits per heavy atom. The Bertz CT molecular complexity index is 566. The number of ether oxygens (including phenoxy) is 1. The summed E-state index contributed by atoms with van der Waals surface area (Å²) in [6.07, 6.45) is 8.86. The van der Waals surface area contributed by atoms with Crippen molar-refractivity contribution in [2.75, 3.05) is 11.9 Å². The highest BCUT2D eigenvalue weighted by Gasteiger charge is 2.14. The van der Waals surface area contributed by atoms with Gasteiger partial charge in [-0.2, -0.15) is 0 Å². The van der Waals surface area contributed by atoms with Crippen molar-refractivity contribution in [2.24, 2.45) is 0 Å². The van der Waals surface area contributed by atoms with E-state index in [0.29, 0.717) is 23.3 Å². The zero-order valence-electron chi connectivity index (χ0n) is 14.7. The van der Waals surface area contributed by atoms with Gasteiger partial charge >= 0.3 is 5.97 Å². The first-order chi connectivity index (χ1) is 11.6. The molecule has 2 N–H and O–H groups in total. The van der Waals surface area contributed by atoms with Crippen molar-refractivity contribution in [1.29, 1.82) is 0 Å². The van der Waals surface area contributed by atoms with Gasteiger partial charge in [0.05, 0.1) is 12.2 Å². The molecule has 132 valence electrons. The Balaban J connectivity index is 1.97. The Morgan fingerprint density at radius 1 is 1.21 bits per heavy atom. The highest BCUT2D eigenvalue weighted by molar-refractivity contribution is 7.80. The second-order valence-corrected chi connectivity index (χ2v) is 6.80. The average molecular weight is 349 g/mol. The molecule has 0 unspecified atom stereocenters. The third-order valence-electron chi connectivity index (χ3n) is 4.44. The van der Waals surface area contributed by atoms with Crippen LogP contribution in [0.1, 0.15) is 67.8 Å². The Kier molecular flexibility index (Phi) is 7.50. The molecule has 1 aliphatic rings. The standard InChI is InChI=1S/C19H28N2O2S/c1-3-23-18(22)15-12-11-14(2)17(13-15)21-19(24)20-16-9-7-5-4-6-8-10-16/h11-13,16H,3-10H2,1-2H3,(H2,20,21,24). The number of esters is 1. The zero-order chi connectivity index (χ0) is 17.4. The number of hydrogen-bond acceptors (Lipinski definition) is 3. The predicted molar refractivity (Wildman–Crippen MR) is 103 cm³/mol. The molecule has 1 fully saturated rings. The third kappa shape index (κ3) is 5.78. The van der Waals surface area contributed by atoms with Crippen LogP contribution in [0.3, 0.4) is 0 Å². The van der Waals surface area contributed by atoms with Gasteiger partial charge in [0.15, 0.2) is 5.11 Å². The molecule has 4 nitrogen and oxygen atoms in total. The van der Waals surface area contributed by atoms with Gasteiger partial charge in [0.1, 0.15) is 0 Å². The molecule has 0 atom stereocenters. The summed E-state index contributed by atoms with van der Waals surface area (Å²) in [7, 11) is 0. The molecule has 1 aromatic carbocycles. The number of thiocarbonyl (C=S) groups is 1. The second-order valence-electron chi connectivity index (χ2n) is 6.39. The topological polar surface area (TPSA) is 50.4 Å². The average Bonchev–Trinajstić information content (AvgIpc) is 2.52. The van der Waals surface area contributed by atoms with Crippen LogP contribution in [0, 0.1) is 6.92 Å². The van der Waals surface area contributed by atoms with Crippen molar-refractivity contribution < 1.29 is 9.53 Å². The molecule has 2 rings (SSSR count). The second kappa shape index (κ2) is 9.62. The first-order valence-corrected chi connectivity index (χ1v) is 9.36. The van der Waals surface area contributed by atoms with Crippen molar-refractivity contribution in [2.45, 2.75) is 64.8 Å². The summed E-state index contributed by atoms with van der Waals surface area (Å²) in [5, 5.41) is 7.31. The molecule has 0 bridgehead atoms. The SMILES string of the molecule is CCOC(=O)c1ccc(C)c(NC(=S)NC2CCCCCCC2)c1. The van der Waals surface area contributed by atoms with Crippen LogP contribution in [-0.2, 0) is 4.74 Å². The summed E-state index contributed by atoms with van der Waals surface area (Å²) in [5.41, 5.74) is 2.44. The van der Waals surface area contributed by atoms with E-state index < -0.39 is 0 Å². The number of nitrogens with one attached hydrogen (secondary N) is 2. The molecule has 0 heterocycles. The molecule has 1 saturated carbocycles. The normalized spacial score (nSPS) is 15.9. The minimum atomic E-state index is -0.306. The van der Waals surface area contributed by atoms with E-state index in [0.717, 1.165) is 11.3 Å². The number of hydrogen-bond donors (Lipinski definition) is 2. The van der Waals surface area contributed by atoms with E-state index in [1.165, 1.54) is 44.9 Å². The van der Waals surface area contributed by atoms with E-state index in [-0.39, 0.29) is 5.97 Å². The molecule has 0 aliphatic heterocycles. The van der Waals surface area contributed by atoms with E-state index in [2.05, 4.69) is 10.6 Å². The quantitative estimate of drug-likeness (QED) is 0.616. The molecule has 0 radical (unpaired) electrons. The highest BCUT2D eigenvalue weighted by atomic mass is 32.1. The lowest BCUT2D eigenvalue weighted by Gasteiger charge is -2.23. The van der Waals surface area contributed by atoms with Crippen LogP contribution in [0.4, 0.5) is 5.69 Å². The monoisotopic (exact) mass is 348 g/mol. The van der Waals surface area contributed by atoms with Crippen molar-refractivity contribution in [3.8, 4) is 0 Å². The van der Waals surface area contributed by atoms with Crippen LogP contribution in [0.2, 0.25) is 0 Å². The number of aryl methyl sites for hydroxylation is 1. The van der Waals surface area contributed by atoms with Gasteiger partial charge in [-0.25, -0.2) is 4.79 Å². The lowest BCUT2D eigenvalue weighted by molar-refractivity contribution is 0.0526. The van der Waals surface area contributed by atoms with Gasteiger partial charge in [0, 0.05) is 11.7 Å². The largest absolute Gasteiger partial charge is 0.462 e. The number of benzene rings is 1. The summed E-state index contributed by atoms with van der Waals surface area (Å²) < 4.78 is 5.06. The van der Waals surface area contributed by atoms with E-state index in [4.69, 9.17) is 17.0 Å². The Morgan fingerprint density at radius 2 is 1.88 bits per heavy atom. The molecule has 24 heavy (non-hydrogen) atoms. The first-order valence-electron chi connectivity index (χ1n) is 8.95. The van der Waals surface area contributed by atoms with Gasteiger partial charge in [-0.05, 0) is 56.6 Å². The van der Waals surface area contributed by atoms with Gasteiger partial charge in [-0.3, -0.25) is 0 Å². The molecular formula is C19H28N2O2S. The van der Waals surface area contributed by atoms with Crippen LogP contribution in [-0.4, -0.2) is 23.7 Å². The molecule has 0 amide bonds. The van der Waals surface area contributed by atoms with Crippen LogP contribution in [0.5, 0.6) is 0 Å². The lowest BCUT2D eigenvalue weighted by atomic mass is 9.97. The first kappa shape index (κ1) is 18.7. The molecule has 0 spiro atoms. The van der Waals surface area contributed by atoms with Gasteiger partial charge < -0.3 is 15.4 Å². The fourth-order valence-electron chi connectivity index (χ4n) is 3.04. The maximum absolute atomic E-state index is 11.9. The van der Waals surface area contributed by atoms with E-state index in [9.17, 15) is 4.79 Å². The molecule has 5 heteroatoms. The fourth-order valence-corrected chi connectivity index (χ4v) is 3.32. The molecule has 1 aromatic rings. The molecule has 0 saturated heterocycles. The number of carbonyl (C=O) groups excluding carboxylic acids is 1. The van der Waals surface area contributed by atoms with Crippen molar-refractivity contribution in [1.82, 2.24) is 5.32 Å². The predicted octanol–water partition coefficient (Wildman–Crippen LogP) is 4.57. The number of rotatable bonds is 4. The third-order valence-corrected chi connectivity index (χ3v) is 4.66.